The van der Waals surface area contributed by atoms with Crippen molar-refractivity contribution in [3.8, 4) is 55.6 Å². The van der Waals surface area contributed by atoms with Gasteiger partial charge in [0.05, 0.1) is 0 Å². The van der Waals surface area contributed by atoms with Gasteiger partial charge in [0.15, 0.2) is 0 Å². The summed E-state index contributed by atoms with van der Waals surface area (Å²) >= 11 is 0. The van der Waals surface area contributed by atoms with E-state index in [9.17, 15) is 0 Å². The van der Waals surface area contributed by atoms with Crippen molar-refractivity contribution in [1.82, 2.24) is 0 Å². The van der Waals surface area contributed by atoms with Gasteiger partial charge >= 0.3 is 0 Å². The number of furan rings is 1. The lowest BCUT2D eigenvalue weighted by Crippen LogP contribution is -1.89. The second-order valence-electron chi connectivity index (χ2n) is 15.3. The lowest BCUT2D eigenvalue weighted by molar-refractivity contribution is 0.670. The Morgan fingerprint density at radius 3 is 1.38 bits per heavy atom. The van der Waals surface area contributed by atoms with E-state index >= 15 is 0 Å². The van der Waals surface area contributed by atoms with Crippen molar-refractivity contribution >= 4 is 43.5 Å². The van der Waals surface area contributed by atoms with E-state index in [0.29, 0.717) is 0 Å². The molecular formula is C57H38O. The van der Waals surface area contributed by atoms with Gasteiger partial charge in [0, 0.05) is 16.3 Å². The minimum absolute atomic E-state index is 0.886. The molecule has 0 aliphatic carbocycles. The van der Waals surface area contributed by atoms with Crippen LogP contribution in [0, 0.1) is 0 Å². The van der Waals surface area contributed by atoms with E-state index in [1.54, 1.807) is 0 Å². The first-order valence-corrected chi connectivity index (χ1v) is 20.0. The second kappa shape index (κ2) is 14.2. The summed E-state index contributed by atoms with van der Waals surface area (Å²) in [6, 6.07) is 79.2. The van der Waals surface area contributed by atoms with Crippen LogP contribution in [-0.4, -0.2) is 0 Å². The molecule has 1 nitrogen and oxygen atoms in total. The average Bonchev–Trinajstić information content (AvgIpc) is 3.67. The molecular weight excluding hydrogens is 701 g/mol. The third-order valence-corrected chi connectivity index (χ3v) is 11.7. The van der Waals surface area contributed by atoms with Gasteiger partial charge in [0.2, 0.25) is 0 Å². The predicted octanol–water partition coefficient (Wildman–Crippen LogP) is 15.8. The molecule has 1 aromatic heterocycles. The summed E-state index contributed by atoms with van der Waals surface area (Å²) in [5.74, 6) is 0. The van der Waals surface area contributed by atoms with Crippen molar-refractivity contribution in [3.05, 3.63) is 230 Å². The lowest BCUT2D eigenvalue weighted by atomic mass is 9.92. The van der Waals surface area contributed by atoms with Crippen LogP contribution in [0.2, 0.25) is 0 Å². The van der Waals surface area contributed by atoms with E-state index in [1.165, 1.54) is 66.1 Å². The van der Waals surface area contributed by atoms with Crippen LogP contribution in [-0.2, 0) is 6.42 Å². The molecule has 1 heteroatoms. The van der Waals surface area contributed by atoms with Crippen LogP contribution in [0.4, 0.5) is 0 Å². The zero-order valence-corrected chi connectivity index (χ0v) is 31.9. The Bertz CT molecular complexity index is 3250. The Hall–Kier alpha value is -7.48. The van der Waals surface area contributed by atoms with Crippen molar-refractivity contribution in [2.45, 2.75) is 6.42 Å². The Labute approximate surface area is 338 Å². The van der Waals surface area contributed by atoms with Crippen molar-refractivity contribution in [2.24, 2.45) is 0 Å². The molecule has 58 heavy (non-hydrogen) atoms. The molecule has 11 rings (SSSR count). The maximum atomic E-state index is 6.78. The van der Waals surface area contributed by atoms with E-state index in [1.807, 2.05) is 0 Å². The molecule has 0 fully saturated rings. The van der Waals surface area contributed by atoms with Crippen LogP contribution in [0.1, 0.15) is 11.1 Å². The quantitative estimate of drug-likeness (QED) is 0.159. The van der Waals surface area contributed by atoms with Crippen LogP contribution in [0.3, 0.4) is 0 Å². The summed E-state index contributed by atoms with van der Waals surface area (Å²) in [7, 11) is 0. The fourth-order valence-corrected chi connectivity index (χ4v) is 8.71. The smallest absolute Gasteiger partial charge is 0.143 e. The summed E-state index contributed by atoms with van der Waals surface area (Å²) in [6.45, 7) is 0. The van der Waals surface area contributed by atoms with Gasteiger partial charge in [-0.3, -0.25) is 0 Å². The summed E-state index contributed by atoms with van der Waals surface area (Å²) in [5, 5.41) is 7.26. The first-order chi connectivity index (χ1) is 28.7. The SMILES string of the molecule is c1ccc(Cc2ccc(-c3cc(-c4ccc(-c5cccc6ccccc56)cc4)cc4c3oc3ccc(-c5ccc(-c6cccc7ccccc67)cc5)cc34)cc2)cc1. The molecule has 0 saturated heterocycles. The standard InChI is InChI=1S/C57H38O/c1-2-10-38(11-3-1)34-39-20-22-46(23-21-39)53-36-48(41-26-30-45(31-27-41)52-19-9-15-43-13-5-7-17-50(43)52)37-55-54-35-47(32-33-56(54)58-57(53)55)40-24-28-44(29-25-40)51-18-8-14-42-12-4-6-16-49(42)51/h1-33,35-37H,34H2. The topological polar surface area (TPSA) is 13.1 Å². The number of hydrogen-bond donors (Lipinski definition) is 0. The molecule has 0 amide bonds. The van der Waals surface area contributed by atoms with Gasteiger partial charge in [-0.05, 0) is 113 Å². The van der Waals surface area contributed by atoms with Crippen LogP contribution < -0.4 is 0 Å². The Balaban J connectivity index is 1.01. The van der Waals surface area contributed by atoms with E-state index in [4.69, 9.17) is 4.42 Å². The molecule has 0 radical (unpaired) electrons. The summed E-state index contributed by atoms with van der Waals surface area (Å²) < 4.78 is 6.78. The Kier molecular flexibility index (Phi) is 8.30. The third-order valence-electron chi connectivity index (χ3n) is 11.7. The average molecular weight is 739 g/mol. The fraction of sp³-hybridized carbons (Fsp3) is 0.0175. The van der Waals surface area contributed by atoms with Crippen molar-refractivity contribution in [3.63, 3.8) is 0 Å². The summed E-state index contributed by atoms with van der Waals surface area (Å²) in [5.41, 5.74) is 16.2. The first kappa shape index (κ1) is 33.8. The van der Waals surface area contributed by atoms with Crippen LogP contribution in [0.5, 0.6) is 0 Å². The van der Waals surface area contributed by atoms with Gasteiger partial charge in [-0.15, -0.1) is 0 Å². The highest BCUT2D eigenvalue weighted by Crippen LogP contribution is 2.42. The zero-order valence-electron chi connectivity index (χ0n) is 31.9. The van der Waals surface area contributed by atoms with E-state index in [-0.39, 0.29) is 0 Å². The maximum absolute atomic E-state index is 6.78. The zero-order chi connectivity index (χ0) is 38.4. The minimum atomic E-state index is 0.886. The maximum Gasteiger partial charge on any atom is 0.143 e. The molecule has 11 aromatic rings. The van der Waals surface area contributed by atoms with Crippen molar-refractivity contribution < 1.29 is 4.42 Å². The lowest BCUT2D eigenvalue weighted by Gasteiger charge is -2.11. The predicted molar refractivity (Wildman–Crippen MR) is 245 cm³/mol. The Morgan fingerprint density at radius 1 is 0.276 bits per heavy atom. The molecule has 0 unspecified atom stereocenters. The van der Waals surface area contributed by atoms with Gasteiger partial charge in [-0.2, -0.15) is 0 Å². The molecule has 0 N–H and O–H groups in total. The largest absolute Gasteiger partial charge is 0.455 e. The summed E-state index contributed by atoms with van der Waals surface area (Å²) in [6.07, 6.45) is 0.899. The minimum Gasteiger partial charge on any atom is -0.455 e. The first-order valence-electron chi connectivity index (χ1n) is 20.0. The molecule has 10 aromatic carbocycles. The van der Waals surface area contributed by atoms with E-state index in [0.717, 1.165) is 50.6 Å². The highest BCUT2D eigenvalue weighted by atomic mass is 16.3. The highest BCUT2D eigenvalue weighted by molar-refractivity contribution is 6.12. The van der Waals surface area contributed by atoms with Crippen molar-refractivity contribution in [2.75, 3.05) is 0 Å². The normalized spacial score (nSPS) is 11.5. The summed E-state index contributed by atoms with van der Waals surface area (Å²) in [4.78, 5) is 0. The number of fused-ring (bicyclic) bond motifs is 5. The monoisotopic (exact) mass is 738 g/mol. The number of hydrogen-bond acceptors (Lipinski definition) is 1. The van der Waals surface area contributed by atoms with Gasteiger partial charge < -0.3 is 4.42 Å². The van der Waals surface area contributed by atoms with Crippen molar-refractivity contribution in [1.29, 1.82) is 0 Å². The Morgan fingerprint density at radius 2 is 0.741 bits per heavy atom. The fourth-order valence-electron chi connectivity index (χ4n) is 8.71. The third kappa shape index (κ3) is 6.15. The molecule has 0 aliphatic rings. The van der Waals surface area contributed by atoms with Gasteiger partial charge in [0.1, 0.15) is 11.2 Å². The van der Waals surface area contributed by atoms with Crippen LogP contribution >= 0.6 is 0 Å². The molecule has 1 heterocycles. The molecule has 0 saturated carbocycles. The molecule has 0 aliphatic heterocycles. The van der Waals surface area contributed by atoms with Crippen LogP contribution in [0.15, 0.2) is 223 Å². The molecule has 272 valence electrons. The highest BCUT2D eigenvalue weighted by Gasteiger charge is 2.17. The molecule has 0 spiro atoms. The van der Waals surface area contributed by atoms with Gasteiger partial charge in [0.25, 0.3) is 0 Å². The second-order valence-corrected chi connectivity index (χ2v) is 15.3. The molecule has 0 atom stereocenters. The van der Waals surface area contributed by atoms with Gasteiger partial charge in [-0.1, -0.05) is 194 Å². The van der Waals surface area contributed by atoms with Crippen LogP contribution in [0.25, 0.3) is 99.1 Å². The van der Waals surface area contributed by atoms with Gasteiger partial charge in [-0.25, -0.2) is 0 Å². The van der Waals surface area contributed by atoms with E-state index < -0.39 is 0 Å². The van der Waals surface area contributed by atoms with E-state index in [2.05, 4.69) is 218 Å². The number of benzene rings is 10. The molecule has 0 bridgehead atoms. The number of rotatable bonds is 7.